The van der Waals surface area contributed by atoms with E-state index in [1.54, 1.807) is 13.1 Å². The van der Waals surface area contributed by atoms with Crippen molar-refractivity contribution in [3.63, 3.8) is 0 Å². The first-order chi connectivity index (χ1) is 10.6. The molecule has 112 valence electrons. The topological polar surface area (TPSA) is 55.0 Å². The molecule has 3 aromatic rings. The molecule has 0 bridgehead atoms. The smallest absolute Gasteiger partial charge is 0.355 e. The van der Waals surface area contributed by atoms with Gasteiger partial charge in [-0.15, -0.1) is 0 Å². The van der Waals surface area contributed by atoms with Crippen LogP contribution in [0.15, 0.2) is 45.5 Å². The lowest BCUT2D eigenvalue weighted by molar-refractivity contribution is 0.0521. The van der Waals surface area contributed by atoms with Crippen LogP contribution in [0.25, 0.3) is 22.2 Å². The fourth-order valence-electron chi connectivity index (χ4n) is 2.37. The molecule has 3 rings (SSSR count). The number of hydrogen-bond acceptors (Lipinski definition) is 3. The number of rotatable bonds is 3. The number of nitrogens with one attached hydrogen (secondary N) is 1. The Kier molecular flexibility index (Phi) is 4.31. The molecule has 0 spiro atoms. The molecule has 0 aliphatic carbocycles. The molecule has 0 aliphatic rings. The van der Waals surface area contributed by atoms with Crippen molar-refractivity contribution >= 4 is 48.7 Å². The summed E-state index contributed by atoms with van der Waals surface area (Å²) in [4.78, 5) is 19.8. The van der Waals surface area contributed by atoms with Gasteiger partial charge >= 0.3 is 5.97 Å². The second kappa shape index (κ2) is 6.22. The second-order valence-corrected chi connectivity index (χ2v) is 6.39. The lowest BCUT2D eigenvalue weighted by Crippen LogP contribution is -2.06. The maximum absolute atomic E-state index is 12.3. The first-order valence-electron chi connectivity index (χ1n) is 6.71. The quantitative estimate of drug-likeness (QED) is 0.607. The number of esters is 1. The number of fused-ring (bicyclic) bond motifs is 1. The predicted molar refractivity (Wildman–Crippen MR) is 92.9 cm³/mol. The lowest BCUT2D eigenvalue weighted by atomic mass is 10.1. The molecule has 0 saturated carbocycles. The van der Waals surface area contributed by atoms with E-state index in [-0.39, 0.29) is 5.97 Å². The van der Waals surface area contributed by atoms with Crippen LogP contribution in [0.5, 0.6) is 0 Å². The number of hydrogen-bond donors (Lipinski definition) is 1. The number of carbonyl (C=O) groups excluding carboxylic acids is 1. The zero-order valence-electron chi connectivity index (χ0n) is 11.7. The Morgan fingerprint density at radius 1 is 1.32 bits per heavy atom. The molecule has 0 radical (unpaired) electrons. The van der Waals surface area contributed by atoms with Gasteiger partial charge in [-0.25, -0.2) is 4.79 Å². The van der Waals surface area contributed by atoms with E-state index in [1.165, 1.54) is 0 Å². The van der Waals surface area contributed by atoms with Crippen molar-refractivity contribution in [3.05, 3.63) is 51.2 Å². The molecule has 22 heavy (non-hydrogen) atoms. The van der Waals surface area contributed by atoms with Gasteiger partial charge in [0, 0.05) is 31.6 Å². The van der Waals surface area contributed by atoms with Gasteiger partial charge in [0.25, 0.3) is 0 Å². The highest BCUT2D eigenvalue weighted by Gasteiger charge is 2.22. The van der Waals surface area contributed by atoms with E-state index in [0.717, 1.165) is 31.1 Å². The van der Waals surface area contributed by atoms with Crippen LogP contribution < -0.4 is 0 Å². The number of ether oxygens (including phenoxy) is 1. The van der Waals surface area contributed by atoms with E-state index in [0.29, 0.717) is 12.3 Å². The third kappa shape index (κ3) is 2.68. The highest BCUT2D eigenvalue weighted by molar-refractivity contribution is 9.11. The van der Waals surface area contributed by atoms with Gasteiger partial charge in [-0.05, 0) is 31.2 Å². The monoisotopic (exact) mass is 422 g/mol. The number of pyridine rings is 1. The Labute approximate surface area is 144 Å². The zero-order valence-corrected chi connectivity index (χ0v) is 14.9. The number of benzene rings is 1. The number of halogens is 2. The minimum Gasteiger partial charge on any atom is -0.461 e. The first kappa shape index (κ1) is 15.2. The Bertz CT molecular complexity index is 844. The van der Waals surface area contributed by atoms with Gasteiger partial charge in [-0.1, -0.05) is 37.9 Å². The highest BCUT2D eigenvalue weighted by Crippen LogP contribution is 2.38. The predicted octanol–water partition coefficient (Wildman–Crippen LogP) is 4.93. The molecule has 4 nitrogen and oxygen atoms in total. The molecule has 0 amide bonds. The number of carbonyl (C=O) groups is 1. The SMILES string of the molecule is CCOC(=O)c1[nH]c2cc(Br)cc(Br)c2c1-c1ccccn1. The second-order valence-electron chi connectivity index (χ2n) is 4.62. The number of aromatic nitrogens is 2. The zero-order chi connectivity index (χ0) is 15.7. The number of aromatic amines is 1. The van der Waals surface area contributed by atoms with Gasteiger partial charge in [0.15, 0.2) is 0 Å². The average Bonchev–Trinajstić information content (AvgIpc) is 2.88. The molecule has 0 saturated heterocycles. The summed E-state index contributed by atoms with van der Waals surface area (Å²) >= 11 is 7.03. The maximum Gasteiger partial charge on any atom is 0.355 e. The van der Waals surface area contributed by atoms with Gasteiger partial charge in [-0.2, -0.15) is 0 Å². The van der Waals surface area contributed by atoms with Crippen LogP contribution in [0.2, 0.25) is 0 Å². The van der Waals surface area contributed by atoms with Crippen LogP contribution in [0.3, 0.4) is 0 Å². The summed E-state index contributed by atoms with van der Waals surface area (Å²) in [5.74, 6) is -0.387. The minimum absolute atomic E-state index is 0.320. The normalized spacial score (nSPS) is 10.9. The van der Waals surface area contributed by atoms with Crippen LogP contribution >= 0.6 is 31.9 Å². The van der Waals surface area contributed by atoms with E-state index in [4.69, 9.17) is 4.74 Å². The van der Waals surface area contributed by atoms with Crippen molar-refractivity contribution < 1.29 is 9.53 Å². The molecule has 0 aliphatic heterocycles. The van der Waals surface area contributed by atoms with Crippen LogP contribution in [-0.4, -0.2) is 22.5 Å². The summed E-state index contributed by atoms with van der Waals surface area (Å²) in [6.07, 6.45) is 1.70. The average molecular weight is 424 g/mol. The van der Waals surface area contributed by atoms with Gasteiger partial charge in [-0.3, -0.25) is 4.98 Å². The lowest BCUT2D eigenvalue weighted by Gasteiger charge is -2.05. The molecule has 2 heterocycles. The van der Waals surface area contributed by atoms with Crippen molar-refractivity contribution in [2.24, 2.45) is 0 Å². The fourth-order valence-corrected chi connectivity index (χ4v) is 3.80. The summed E-state index contributed by atoms with van der Waals surface area (Å²) in [6, 6.07) is 9.48. The number of nitrogens with zero attached hydrogens (tertiary/aromatic N) is 1. The Hall–Kier alpha value is -1.66. The van der Waals surface area contributed by atoms with Crippen LogP contribution in [0.1, 0.15) is 17.4 Å². The summed E-state index contributed by atoms with van der Waals surface area (Å²) in [5, 5.41) is 0.907. The van der Waals surface area contributed by atoms with Crippen molar-refractivity contribution in [1.82, 2.24) is 9.97 Å². The maximum atomic E-state index is 12.3. The minimum atomic E-state index is -0.387. The standard InChI is InChI=1S/C16H12Br2N2O2/c1-2-22-16(21)15-14(11-5-3-4-6-19-11)13-10(18)7-9(17)8-12(13)20-15/h3-8,20H,2H2,1H3. The fraction of sp³-hybridized carbons (Fsp3) is 0.125. The molecular formula is C16H12Br2N2O2. The molecular weight excluding hydrogens is 412 g/mol. The molecule has 6 heteroatoms. The van der Waals surface area contributed by atoms with E-state index in [2.05, 4.69) is 41.8 Å². The molecule has 0 atom stereocenters. The van der Waals surface area contributed by atoms with Gasteiger partial charge < -0.3 is 9.72 Å². The molecule has 0 unspecified atom stereocenters. The van der Waals surface area contributed by atoms with E-state index in [9.17, 15) is 4.79 Å². The van der Waals surface area contributed by atoms with Crippen LogP contribution in [0, 0.1) is 0 Å². The molecule has 1 N–H and O–H groups in total. The van der Waals surface area contributed by atoms with Crippen molar-refractivity contribution in [3.8, 4) is 11.3 Å². The third-order valence-electron chi connectivity index (χ3n) is 3.22. The third-order valence-corrected chi connectivity index (χ3v) is 4.30. The Morgan fingerprint density at radius 2 is 2.14 bits per heavy atom. The molecule has 1 aromatic carbocycles. The molecule has 0 fully saturated rings. The van der Waals surface area contributed by atoms with Crippen LogP contribution in [0.4, 0.5) is 0 Å². The van der Waals surface area contributed by atoms with Crippen molar-refractivity contribution in [1.29, 1.82) is 0 Å². The summed E-state index contributed by atoms with van der Waals surface area (Å²) in [6.45, 7) is 2.11. The highest BCUT2D eigenvalue weighted by atomic mass is 79.9. The van der Waals surface area contributed by atoms with Gasteiger partial charge in [0.05, 0.1) is 12.3 Å². The van der Waals surface area contributed by atoms with E-state index < -0.39 is 0 Å². The first-order valence-corrected chi connectivity index (χ1v) is 8.29. The molecule has 2 aromatic heterocycles. The summed E-state index contributed by atoms with van der Waals surface area (Å²) < 4.78 is 6.96. The Balaban J connectivity index is 2.35. The van der Waals surface area contributed by atoms with E-state index >= 15 is 0 Å². The van der Waals surface area contributed by atoms with Gasteiger partial charge in [0.2, 0.25) is 0 Å². The van der Waals surface area contributed by atoms with E-state index in [1.807, 2.05) is 30.3 Å². The summed E-state index contributed by atoms with van der Waals surface area (Å²) in [5.41, 5.74) is 2.72. The number of H-pyrrole nitrogens is 1. The largest absolute Gasteiger partial charge is 0.461 e. The van der Waals surface area contributed by atoms with Crippen molar-refractivity contribution in [2.75, 3.05) is 6.61 Å². The Morgan fingerprint density at radius 3 is 2.82 bits per heavy atom. The van der Waals surface area contributed by atoms with Crippen LogP contribution in [-0.2, 0) is 4.74 Å². The summed E-state index contributed by atoms with van der Waals surface area (Å²) in [7, 11) is 0. The van der Waals surface area contributed by atoms with Gasteiger partial charge in [0.1, 0.15) is 5.69 Å². The van der Waals surface area contributed by atoms with Crippen molar-refractivity contribution in [2.45, 2.75) is 6.92 Å².